The first-order valence-electron chi connectivity index (χ1n) is 16.0. The van der Waals surface area contributed by atoms with Crippen LogP contribution in [-0.2, 0) is 6.42 Å². The Bertz CT molecular complexity index is 1780. The van der Waals surface area contributed by atoms with E-state index in [1.54, 1.807) is 6.07 Å². The highest BCUT2D eigenvalue weighted by atomic mass is 19.1. The lowest BCUT2D eigenvalue weighted by Gasteiger charge is -2.40. The average Bonchev–Trinajstić information content (AvgIpc) is 3.63. The third-order valence-electron chi connectivity index (χ3n) is 10.6. The molecule has 5 heterocycles. The maximum Gasteiger partial charge on any atom is 0.319 e. The van der Waals surface area contributed by atoms with Crippen LogP contribution in [0.4, 0.5) is 19.0 Å². The fourth-order valence-electron chi connectivity index (χ4n) is 8.59. The summed E-state index contributed by atoms with van der Waals surface area (Å²) in [6.45, 7) is 7.06. The van der Waals surface area contributed by atoms with Crippen LogP contribution in [0, 0.1) is 11.6 Å². The van der Waals surface area contributed by atoms with Gasteiger partial charge in [0.1, 0.15) is 29.9 Å². The van der Waals surface area contributed by atoms with E-state index in [0.717, 1.165) is 55.0 Å². The summed E-state index contributed by atoms with van der Waals surface area (Å²) in [6, 6.07) is 13.3. The topological polar surface area (TPSA) is 53.5 Å². The van der Waals surface area contributed by atoms with E-state index in [-0.39, 0.29) is 35.3 Å². The van der Waals surface area contributed by atoms with Crippen LogP contribution in [0.15, 0.2) is 42.5 Å². The largest absolute Gasteiger partial charge is 0.461 e. The van der Waals surface area contributed by atoms with Crippen LogP contribution >= 0.6 is 0 Å². The van der Waals surface area contributed by atoms with E-state index in [4.69, 9.17) is 9.72 Å². The molecule has 3 aromatic carbocycles. The highest BCUT2D eigenvalue weighted by Crippen LogP contribution is 2.43. The lowest BCUT2D eigenvalue weighted by Crippen LogP contribution is -2.58. The Morgan fingerprint density at radius 3 is 2.75 bits per heavy atom. The molecule has 0 unspecified atom stereocenters. The Kier molecular flexibility index (Phi) is 6.58. The molecule has 0 radical (unpaired) electrons. The summed E-state index contributed by atoms with van der Waals surface area (Å²) in [5.74, 6) is -0.880. The summed E-state index contributed by atoms with van der Waals surface area (Å²) in [4.78, 5) is 13.7. The standard InChI is InChI=1S/C35H38F3N5O/c1-3-21-7-4-8-22-9-5-10-25(28(21)22)29-27(37)15-26-31(30(29)38)39-33(44-20-35-12-6-14-43(35)17-23(36)16-35)40-32(26)42-18-24-11-13-34(2,19-42)41-24/h4-5,7-10,15,23-24,41H,3,6,11-14,16-20H2,1-2H3/t23-,24-,34+,35+/m1/s1. The maximum absolute atomic E-state index is 16.9. The normalized spacial score (nSPS) is 28.3. The predicted molar refractivity (Wildman–Crippen MR) is 167 cm³/mol. The second kappa shape index (κ2) is 10.3. The van der Waals surface area contributed by atoms with Crippen LogP contribution in [-0.4, -0.2) is 70.9 Å². The van der Waals surface area contributed by atoms with Crippen LogP contribution in [0.2, 0.25) is 0 Å². The molecule has 1 aromatic heterocycles. The quantitative estimate of drug-likeness (QED) is 0.270. The number of ether oxygens (including phenoxy) is 1. The van der Waals surface area contributed by atoms with Crippen LogP contribution in [0.25, 0.3) is 32.8 Å². The van der Waals surface area contributed by atoms with Crippen molar-refractivity contribution in [3.8, 4) is 17.1 Å². The molecule has 0 aliphatic carbocycles. The number of nitrogens with one attached hydrogen (secondary N) is 1. The Labute approximate surface area is 255 Å². The van der Waals surface area contributed by atoms with Crippen molar-refractivity contribution in [2.75, 3.05) is 37.7 Å². The number of nitrogens with zero attached hydrogens (tertiary/aromatic N) is 4. The number of aromatic nitrogens is 2. The Morgan fingerprint density at radius 2 is 1.93 bits per heavy atom. The summed E-state index contributed by atoms with van der Waals surface area (Å²) in [6.07, 6.45) is 4.15. The van der Waals surface area contributed by atoms with Crippen molar-refractivity contribution in [2.24, 2.45) is 0 Å². The molecule has 4 fully saturated rings. The molecule has 4 saturated heterocycles. The molecule has 4 aliphatic rings. The van der Waals surface area contributed by atoms with Crippen molar-refractivity contribution >= 4 is 27.5 Å². The molecular weight excluding hydrogens is 563 g/mol. The lowest BCUT2D eigenvalue weighted by molar-refractivity contribution is 0.107. The van der Waals surface area contributed by atoms with Crippen LogP contribution in [0.3, 0.4) is 0 Å². The first-order valence-corrected chi connectivity index (χ1v) is 16.0. The van der Waals surface area contributed by atoms with Gasteiger partial charge in [0.25, 0.3) is 0 Å². The third kappa shape index (κ3) is 4.45. The number of hydrogen-bond donors (Lipinski definition) is 1. The van der Waals surface area contributed by atoms with Gasteiger partial charge in [0.05, 0.1) is 11.1 Å². The Morgan fingerprint density at radius 1 is 1.09 bits per heavy atom. The molecule has 0 amide bonds. The maximum atomic E-state index is 16.9. The van der Waals surface area contributed by atoms with Crippen LogP contribution in [0.5, 0.6) is 6.01 Å². The van der Waals surface area contributed by atoms with Crippen molar-refractivity contribution in [2.45, 2.75) is 75.7 Å². The molecule has 4 aromatic rings. The predicted octanol–water partition coefficient (Wildman–Crippen LogP) is 6.58. The van der Waals surface area contributed by atoms with Gasteiger partial charge in [0, 0.05) is 43.0 Å². The number of benzene rings is 3. The fourth-order valence-corrected chi connectivity index (χ4v) is 8.59. The van der Waals surface area contributed by atoms with E-state index in [2.05, 4.69) is 27.0 Å². The summed E-state index contributed by atoms with van der Waals surface area (Å²) in [5, 5.41) is 5.80. The van der Waals surface area contributed by atoms with Crippen molar-refractivity contribution in [3.63, 3.8) is 0 Å². The van der Waals surface area contributed by atoms with Gasteiger partial charge in [0.2, 0.25) is 0 Å². The van der Waals surface area contributed by atoms with E-state index in [1.807, 2.05) is 37.3 Å². The molecule has 0 saturated carbocycles. The molecular formula is C35H38F3N5O. The molecule has 2 bridgehead atoms. The molecule has 230 valence electrons. The summed E-state index contributed by atoms with van der Waals surface area (Å²) in [5.41, 5.74) is 0.972. The second-order valence-electron chi connectivity index (χ2n) is 13.6. The monoisotopic (exact) mass is 601 g/mol. The number of anilines is 1. The van der Waals surface area contributed by atoms with Crippen LogP contribution in [0.1, 0.15) is 51.5 Å². The SMILES string of the molecule is CCc1cccc2cccc(-c3c(F)cc4c(N5C[C@H]6CC[C@@](C)(C5)N6)nc(OC[C@@]56CCCN5C[C@H](F)C6)nc4c3F)c12. The number of alkyl halides is 1. The summed E-state index contributed by atoms with van der Waals surface area (Å²) in [7, 11) is 0. The van der Waals surface area contributed by atoms with Crippen molar-refractivity contribution in [1.29, 1.82) is 0 Å². The first kappa shape index (κ1) is 28.1. The number of fused-ring (bicyclic) bond motifs is 5. The van der Waals surface area contributed by atoms with Gasteiger partial charge in [-0.2, -0.15) is 9.97 Å². The Balaban J connectivity index is 1.28. The number of aryl methyl sites for hydroxylation is 1. The van der Waals surface area contributed by atoms with E-state index < -0.39 is 23.3 Å². The summed E-state index contributed by atoms with van der Waals surface area (Å²) >= 11 is 0. The minimum Gasteiger partial charge on any atom is -0.461 e. The zero-order chi connectivity index (χ0) is 30.2. The van der Waals surface area contributed by atoms with Crippen LogP contribution < -0.4 is 15.0 Å². The molecule has 6 nitrogen and oxygen atoms in total. The van der Waals surface area contributed by atoms with Gasteiger partial charge in [-0.25, -0.2) is 13.2 Å². The van der Waals surface area contributed by atoms with E-state index in [1.165, 1.54) is 6.07 Å². The van der Waals surface area contributed by atoms with Gasteiger partial charge in [-0.3, -0.25) is 4.90 Å². The highest BCUT2D eigenvalue weighted by Gasteiger charge is 2.49. The highest BCUT2D eigenvalue weighted by molar-refractivity contribution is 6.02. The average molecular weight is 602 g/mol. The van der Waals surface area contributed by atoms with Crippen molar-refractivity contribution in [1.82, 2.24) is 20.2 Å². The number of rotatable bonds is 6. The van der Waals surface area contributed by atoms with Gasteiger partial charge < -0.3 is 15.0 Å². The smallest absolute Gasteiger partial charge is 0.319 e. The van der Waals surface area contributed by atoms with Gasteiger partial charge in [-0.1, -0.05) is 43.3 Å². The number of halogens is 3. The zero-order valence-corrected chi connectivity index (χ0v) is 25.3. The fraction of sp³-hybridized carbons (Fsp3) is 0.486. The van der Waals surface area contributed by atoms with Crippen molar-refractivity contribution in [3.05, 3.63) is 59.7 Å². The first-order chi connectivity index (χ1) is 21.3. The van der Waals surface area contributed by atoms with Gasteiger partial charge >= 0.3 is 6.01 Å². The lowest BCUT2D eigenvalue weighted by atomic mass is 9.92. The number of hydrogen-bond acceptors (Lipinski definition) is 6. The molecule has 4 atom stereocenters. The molecule has 9 heteroatoms. The van der Waals surface area contributed by atoms with E-state index >= 15 is 8.78 Å². The van der Waals surface area contributed by atoms with Gasteiger partial charge in [-0.05, 0) is 73.5 Å². The zero-order valence-electron chi connectivity index (χ0n) is 25.3. The van der Waals surface area contributed by atoms with Crippen molar-refractivity contribution < 1.29 is 17.9 Å². The molecule has 4 aliphatic heterocycles. The van der Waals surface area contributed by atoms with Gasteiger partial charge in [0.15, 0.2) is 5.82 Å². The van der Waals surface area contributed by atoms with Gasteiger partial charge in [-0.15, -0.1) is 0 Å². The van der Waals surface area contributed by atoms with E-state index in [9.17, 15) is 4.39 Å². The molecule has 8 rings (SSSR count). The molecule has 0 spiro atoms. The van der Waals surface area contributed by atoms with E-state index in [0.29, 0.717) is 42.8 Å². The minimum atomic E-state index is -0.888. The Hall–Kier alpha value is -3.43. The minimum absolute atomic E-state index is 0.0407. The molecule has 44 heavy (non-hydrogen) atoms. The third-order valence-corrected chi connectivity index (χ3v) is 10.6. The number of piperazine rings is 1. The molecule has 1 N–H and O–H groups in total. The summed E-state index contributed by atoms with van der Waals surface area (Å²) < 4.78 is 53.9. The second-order valence-corrected chi connectivity index (χ2v) is 13.6.